The van der Waals surface area contributed by atoms with Crippen LogP contribution < -0.4 is 0 Å². The van der Waals surface area contributed by atoms with Crippen LogP contribution in [0.5, 0.6) is 0 Å². The number of rotatable bonds is 2. The summed E-state index contributed by atoms with van der Waals surface area (Å²) in [4.78, 5) is 12.5. The van der Waals surface area contributed by atoms with Gasteiger partial charge >= 0.3 is 0 Å². The predicted molar refractivity (Wildman–Crippen MR) is 83.4 cm³/mol. The summed E-state index contributed by atoms with van der Waals surface area (Å²) in [5.74, 6) is -0.0445. The minimum Gasteiger partial charge on any atom is -0.287 e. The highest BCUT2D eigenvalue weighted by Crippen LogP contribution is 2.22. The van der Waals surface area contributed by atoms with Gasteiger partial charge in [-0.05, 0) is 65.4 Å². The van der Waals surface area contributed by atoms with Gasteiger partial charge in [-0.2, -0.15) is 5.10 Å². The monoisotopic (exact) mass is 362 g/mol. The van der Waals surface area contributed by atoms with Gasteiger partial charge in [0.2, 0.25) is 5.78 Å². The Balaban J connectivity index is 2.14. The number of aromatic nitrogens is 2. The van der Waals surface area contributed by atoms with E-state index in [1.807, 2.05) is 49.4 Å². The fourth-order valence-electron chi connectivity index (χ4n) is 2.15. The molecule has 0 atom stereocenters. The average molecular weight is 362 g/mol. The molecular formula is C15H11IN2O. The molecule has 0 saturated heterocycles. The summed E-state index contributed by atoms with van der Waals surface area (Å²) in [6.07, 6.45) is 0. The number of halogens is 1. The Morgan fingerprint density at radius 1 is 1.16 bits per heavy atom. The number of carbonyl (C=O) groups excluding carboxylic acids is 1. The molecule has 0 bridgehead atoms. The van der Waals surface area contributed by atoms with E-state index in [0.29, 0.717) is 11.3 Å². The van der Waals surface area contributed by atoms with E-state index in [2.05, 4.69) is 32.8 Å². The molecule has 0 fully saturated rings. The largest absolute Gasteiger partial charge is 0.287 e. The molecule has 4 heteroatoms. The summed E-state index contributed by atoms with van der Waals surface area (Å²) >= 11 is 2.22. The Kier molecular flexibility index (Phi) is 3.10. The maximum absolute atomic E-state index is 12.5. The smallest absolute Gasteiger partial charge is 0.213 e. The molecule has 0 unspecified atom stereocenters. The van der Waals surface area contributed by atoms with E-state index in [9.17, 15) is 4.79 Å². The average Bonchev–Trinajstić information content (AvgIpc) is 2.84. The SMILES string of the molecule is Cc1cccc2[nH]nc(C(=O)c3ccc(I)cc3)c12. The van der Waals surface area contributed by atoms with E-state index in [1.54, 1.807) is 0 Å². The summed E-state index contributed by atoms with van der Waals surface area (Å²) in [5, 5.41) is 8.01. The fraction of sp³-hybridized carbons (Fsp3) is 0.0667. The molecule has 94 valence electrons. The van der Waals surface area contributed by atoms with Gasteiger partial charge < -0.3 is 0 Å². The van der Waals surface area contributed by atoms with Crippen LogP contribution in [0.3, 0.4) is 0 Å². The van der Waals surface area contributed by atoms with Gasteiger partial charge in [0.05, 0.1) is 5.52 Å². The lowest BCUT2D eigenvalue weighted by atomic mass is 10.0. The number of nitrogens with zero attached hydrogens (tertiary/aromatic N) is 1. The lowest BCUT2D eigenvalue weighted by Crippen LogP contribution is -2.02. The second-order valence-electron chi connectivity index (χ2n) is 4.41. The summed E-state index contributed by atoms with van der Waals surface area (Å²) in [7, 11) is 0. The second-order valence-corrected chi connectivity index (χ2v) is 5.65. The molecule has 3 aromatic rings. The van der Waals surface area contributed by atoms with E-state index in [1.165, 1.54) is 0 Å². The van der Waals surface area contributed by atoms with Crippen molar-refractivity contribution >= 4 is 39.3 Å². The highest BCUT2D eigenvalue weighted by Gasteiger charge is 2.17. The van der Waals surface area contributed by atoms with Gasteiger partial charge in [-0.15, -0.1) is 0 Å². The lowest BCUT2D eigenvalue weighted by Gasteiger charge is -2.00. The van der Waals surface area contributed by atoms with Crippen molar-refractivity contribution in [3.05, 3.63) is 62.9 Å². The topological polar surface area (TPSA) is 45.8 Å². The highest BCUT2D eigenvalue weighted by molar-refractivity contribution is 14.1. The molecule has 3 nitrogen and oxygen atoms in total. The quantitative estimate of drug-likeness (QED) is 0.558. The number of hydrogen-bond acceptors (Lipinski definition) is 2. The third-order valence-electron chi connectivity index (χ3n) is 3.12. The van der Waals surface area contributed by atoms with Gasteiger partial charge in [0, 0.05) is 14.5 Å². The number of carbonyl (C=O) groups is 1. The molecule has 3 rings (SSSR count). The van der Waals surface area contributed by atoms with Gasteiger partial charge in [0.25, 0.3) is 0 Å². The first kappa shape index (κ1) is 12.3. The number of nitrogens with one attached hydrogen (secondary N) is 1. The molecular weight excluding hydrogens is 351 g/mol. The van der Waals surface area contributed by atoms with Crippen molar-refractivity contribution in [1.29, 1.82) is 0 Å². The molecule has 0 saturated carbocycles. The van der Waals surface area contributed by atoms with E-state index in [0.717, 1.165) is 20.0 Å². The number of aromatic amines is 1. The van der Waals surface area contributed by atoms with Crippen LogP contribution in [-0.2, 0) is 0 Å². The van der Waals surface area contributed by atoms with Crippen LogP contribution >= 0.6 is 22.6 Å². The van der Waals surface area contributed by atoms with Gasteiger partial charge in [0.15, 0.2) is 0 Å². The zero-order valence-corrected chi connectivity index (χ0v) is 12.4. The van der Waals surface area contributed by atoms with Crippen molar-refractivity contribution in [3.63, 3.8) is 0 Å². The van der Waals surface area contributed by atoms with Gasteiger partial charge in [-0.3, -0.25) is 9.89 Å². The van der Waals surface area contributed by atoms with Crippen LogP contribution in [-0.4, -0.2) is 16.0 Å². The summed E-state index contributed by atoms with van der Waals surface area (Å²) in [6, 6.07) is 13.4. The molecule has 2 aromatic carbocycles. The molecule has 1 heterocycles. The van der Waals surface area contributed by atoms with Crippen LogP contribution in [0, 0.1) is 10.5 Å². The van der Waals surface area contributed by atoms with E-state index < -0.39 is 0 Å². The molecule has 0 amide bonds. The van der Waals surface area contributed by atoms with Gasteiger partial charge in [-0.25, -0.2) is 0 Å². The van der Waals surface area contributed by atoms with Crippen LogP contribution in [0.2, 0.25) is 0 Å². The number of fused-ring (bicyclic) bond motifs is 1. The first-order valence-corrected chi connectivity index (χ1v) is 6.98. The normalized spacial score (nSPS) is 10.8. The fourth-order valence-corrected chi connectivity index (χ4v) is 2.51. The number of hydrogen-bond donors (Lipinski definition) is 1. The van der Waals surface area contributed by atoms with Gasteiger partial charge in [0.1, 0.15) is 5.69 Å². The van der Waals surface area contributed by atoms with Crippen molar-refractivity contribution in [2.75, 3.05) is 0 Å². The van der Waals surface area contributed by atoms with Crippen molar-refractivity contribution < 1.29 is 4.79 Å². The molecule has 0 radical (unpaired) electrons. The van der Waals surface area contributed by atoms with E-state index in [4.69, 9.17) is 0 Å². The zero-order chi connectivity index (χ0) is 13.4. The molecule has 0 spiro atoms. The van der Waals surface area contributed by atoms with Crippen molar-refractivity contribution in [2.45, 2.75) is 6.92 Å². The molecule has 1 N–H and O–H groups in total. The second kappa shape index (κ2) is 4.77. The van der Waals surface area contributed by atoms with Crippen LogP contribution in [0.4, 0.5) is 0 Å². The molecule has 0 aliphatic rings. The Hall–Kier alpha value is -1.69. The Labute approximate surface area is 124 Å². The molecule has 1 aromatic heterocycles. The number of benzene rings is 2. The Morgan fingerprint density at radius 3 is 2.63 bits per heavy atom. The lowest BCUT2D eigenvalue weighted by molar-refractivity contribution is 0.103. The molecule has 19 heavy (non-hydrogen) atoms. The highest BCUT2D eigenvalue weighted by atomic mass is 127. The predicted octanol–water partition coefficient (Wildman–Crippen LogP) is 3.71. The maximum Gasteiger partial charge on any atom is 0.213 e. The number of H-pyrrole nitrogens is 1. The Morgan fingerprint density at radius 2 is 1.89 bits per heavy atom. The third kappa shape index (κ3) is 2.16. The first-order valence-electron chi connectivity index (χ1n) is 5.91. The first-order chi connectivity index (χ1) is 9.16. The van der Waals surface area contributed by atoms with Crippen molar-refractivity contribution in [2.24, 2.45) is 0 Å². The minimum absolute atomic E-state index is 0.0445. The summed E-state index contributed by atoms with van der Waals surface area (Å²) in [6.45, 7) is 1.99. The standard InChI is InChI=1S/C15H11IN2O/c1-9-3-2-4-12-13(9)14(18-17-12)15(19)10-5-7-11(16)8-6-10/h2-8H,1H3,(H,17,18). The van der Waals surface area contributed by atoms with Crippen molar-refractivity contribution in [1.82, 2.24) is 10.2 Å². The zero-order valence-electron chi connectivity index (χ0n) is 10.3. The number of aryl methyl sites for hydroxylation is 1. The van der Waals surface area contributed by atoms with E-state index >= 15 is 0 Å². The third-order valence-corrected chi connectivity index (χ3v) is 3.84. The minimum atomic E-state index is -0.0445. The summed E-state index contributed by atoms with van der Waals surface area (Å²) < 4.78 is 1.11. The van der Waals surface area contributed by atoms with Gasteiger partial charge in [-0.1, -0.05) is 12.1 Å². The van der Waals surface area contributed by atoms with Crippen LogP contribution in [0.15, 0.2) is 42.5 Å². The molecule has 0 aliphatic heterocycles. The summed E-state index contributed by atoms with van der Waals surface area (Å²) in [5.41, 5.74) is 3.11. The maximum atomic E-state index is 12.5. The van der Waals surface area contributed by atoms with Crippen LogP contribution in [0.1, 0.15) is 21.6 Å². The Bertz CT molecular complexity index is 759. The molecule has 0 aliphatic carbocycles. The van der Waals surface area contributed by atoms with Crippen molar-refractivity contribution in [3.8, 4) is 0 Å². The number of ketones is 1. The van der Waals surface area contributed by atoms with Crippen LogP contribution in [0.25, 0.3) is 10.9 Å². The van der Waals surface area contributed by atoms with E-state index in [-0.39, 0.29) is 5.78 Å².